The number of benzene rings is 1. The third-order valence-corrected chi connectivity index (χ3v) is 4.89. The Morgan fingerprint density at radius 3 is 2.74 bits per heavy atom. The van der Waals surface area contributed by atoms with Gasteiger partial charge in [-0.3, -0.25) is 9.79 Å². The van der Waals surface area contributed by atoms with Gasteiger partial charge in [0.15, 0.2) is 17.5 Å². The number of carbonyl (C=O) groups excluding carboxylic acids is 1. The van der Waals surface area contributed by atoms with Crippen molar-refractivity contribution in [1.29, 1.82) is 0 Å². The first-order valence-electron chi connectivity index (χ1n) is 9.04. The molecule has 0 aromatic heterocycles. The van der Waals surface area contributed by atoms with Crippen LogP contribution in [0, 0.1) is 11.8 Å². The van der Waals surface area contributed by atoms with E-state index in [1.807, 2.05) is 18.2 Å². The maximum absolute atomic E-state index is 11.9. The van der Waals surface area contributed by atoms with E-state index in [2.05, 4.69) is 22.1 Å². The van der Waals surface area contributed by atoms with Crippen LogP contribution in [0.15, 0.2) is 23.2 Å². The molecule has 1 N–H and O–H groups in total. The van der Waals surface area contributed by atoms with E-state index in [9.17, 15) is 4.79 Å². The molecular weight excluding hydrogens is 461 g/mol. The topological polar surface area (TPSA) is 72.4 Å². The van der Waals surface area contributed by atoms with E-state index in [0.29, 0.717) is 26.3 Å². The van der Waals surface area contributed by atoms with Crippen molar-refractivity contribution in [1.82, 2.24) is 10.2 Å². The average molecular weight is 489 g/mol. The van der Waals surface area contributed by atoms with Crippen LogP contribution in [-0.4, -0.2) is 57.3 Å². The highest BCUT2D eigenvalue weighted by Crippen LogP contribution is 2.30. The van der Waals surface area contributed by atoms with Crippen LogP contribution < -0.4 is 14.8 Å². The summed E-state index contributed by atoms with van der Waals surface area (Å²) in [4.78, 5) is 18.4. The second kappa shape index (κ2) is 10.0. The third-order valence-electron chi connectivity index (χ3n) is 4.89. The fraction of sp³-hybridized carbons (Fsp3) is 0.579. The monoisotopic (exact) mass is 489 g/mol. The van der Waals surface area contributed by atoms with Gasteiger partial charge in [0.25, 0.3) is 0 Å². The number of rotatable bonds is 3. The molecule has 0 radical (unpaired) electrons. The highest BCUT2D eigenvalue weighted by Gasteiger charge is 2.36. The summed E-state index contributed by atoms with van der Waals surface area (Å²) in [5.74, 6) is 2.34. The predicted octanol–water partition coefficient (Wildman–Crippen LogP) is 2.28. The molecule has 150 valence electrons. The van der Waals surface area contributed by atoms with E-state index in [-0.39, 0.29) is 41.8 Å². The number of ether oxygens (including phenoxy) is 3. The largest absolute Gasteiger partial charge is 0.490 e. The minimum Gasteiger partial charge on any atom is -0.490 e. The van der Waals surface area contributed by atoms with Crippen LogP contribution in [-0.2, 0) is 16.1 Å². The number of likely N-dealkylation sites (tertiary alicyclic amines) is 1. The third kappa shape index (κ3) is 5.18. The zero-order valence-electron chi connectivity index (χ0n) is 16.1. The number of esters is 1. The van der Waals surface area contributed by atoms with Crippen LogP contribution in [0.3, 0.4) is 0 Å². The zero-order valence-corrected chi connectivity index (χ0v) is 18.4. The normalized spacial score (nSPS) is 21.9. The van der Waals surface area contributed by atoms with Gasteiger partial charge in [-0.05, 0) is 23.6 Å². The molecule has 2 heterocycles. The molecular formula is C19H28IN3O4. The van der Waals surface area contributed by atoms with Crippen molar-refractivity contribution >= 4 is 35.9 Å². The minimum atomic E-state index is -0.154. The van der Waals surface area contributed by atoms with Crippen molar-refractivity contribution < 1.29 is 19.0 Å². The van der Waals surface area contributed by atoms with Crippen molar-refractivity contribution in [2.24, 2.45) is 16.8 Å². The number of hydrogen-bond acceptors (Lipinski definition) is 5. The molecule has 0 spiro atoms. The molecule has 2 aliphatic heterocycles. The van der Waals surface area contributed by atoms with Gasteiger partial charge in [0.2, 0.25) is 0 Å². The second-order valence-corrected chi connectivity index (χ2v) is 6.74. The van der Waals surface area contributed by atoms with Gasteiger partial charge in [0.1, 0.15) is 0 Å². The molecule has 1 fully saturated rings. The van der Waals surface area contributed by atoms with Crippen LogP contribution in [0.4, 0.5) is 0 Å². The van der Waals surface area contributed by atoms with Gasteiger partial charge in [-0.1, -0.05) is 13.0 Å². The van der Waals surface area contributed by atoms with Crippen LogP contribution in [0.1, 0.15) is 18.9 Å². The quantitative estimate of drug-likeness (QED) is 0.304. The van der Waals surface area contributed by atoms with Crippen LogP contribution in [0.25, 0.3) is 0 Å². The summed E-state index contributed by atoms with van der Waals surface area (Å²) in [5, 5.41) is 3.38. The number of fused-ring (bicyclic) bond motifs is 1. The number of hydrogen-bond donors (Lipinski definition) is 1. The van der Waals surface area contributed by atoms with Gasteiger partial charge in [-0.15, -0.1) is 24.0 Å². The second-order valence-electron chi connectivity index (χ2n) is 6.74. The Bertz CT molecular complexity index is 683. The summed E-state index contributed by atoms with van der Waals surface area (Å²) in [5.41, 5.74) is 1.09. The molecule has 27 heavy (non-hydrogen) atoms. The highest BCUT2D eigenvalue weighted by atomic mass is 127. The summed E-state index contributed by atoms with van der Waals surface area (Å²) in [6, 6.07) is 5.98. The van der Waals surface area contributed by atoms with E-state index < -0.39 is 0 Å². The molecule has 3 rings (SSSR count). The maximum Gasteiger partial charge on any atom is 0.310 e. The molecule has 2 unspecified atom stereocenters. The fourth-order valence-electron chi connectivity index (χ4n) is 3.43. The van der Waals surface area contributed by atoms with Crippen molar-refractivity contribution in [3.05, 3.63) is 23.8 Å². The highest BCUT2D eigenvalue weighted by molar-refractivity contribution is 14.0. The summed E-state index contributed by atoms with van der Waals surface area (Å²) >= 11 is 0. The van der Waals surface area contributed by atoms with Crippen LogP contribution in [0.5, 0.6) is 11.5 Å². The summed E-state index contributed by atoms with van der Waals surface area (Å²) in [6.07, 6.45) is 0.892. The molecule has 1 aromatic carbocycles. The number of nitrogens with zero attached hydrogens (tertiary/aromatic N) is 2. The molecule has 0 bridgehead atoms. The van der Waals surface area contributed by atoms with Gasteiger partial charge >= 0.3 is 5.97 Å². The summed E-state index contributed by atoms with van der Waals surface area (Å²) in [7, 11) is 3.20. The van der Waals surface area contributed by atoms with Crippen molar-refractivity contribution in [3.63, 3.8) is 0 Å². The number of nitrogens with one attached hydrogen (secondary N) is 1. The standard InChI is InChI=1S/C19H27N3O4.HI/c1-13-11-22(12-15(13)18(23)24-3)19(20-2)21-10-14-5-6-16-17(9-14)26-8-4-7-25-16;/h5-6,9,13,15H,4,7-8,10-12H2,1-3H3,(H,20,21);1H. The Balaban J connectivity index is 0.00000261. The lowest BCUT2D eigenvalue weighted by Gasteiger charge is -2.21. The Hall–Kier alpha value is -1.71. The number of aliphatic imine (C=N–C) groups is 1. The van der Waals surface area contributed by atoms with Crippen LogP contribution in [0.2, 0.25) is 0 Å². The maximum atomic E-state index is 11.9. The van der Waals surface area contributed by atoms with E-state index >= 15 is 0 Å². The van der Waals surface area contributed by atoms with Crippen LogP contribution >= 0.6 is 24.0 Å². The van der Waals surface area contributed by atoms with E-state index in [1.54, 1.807) is 7.05 Å². The first-order chi connectivity index (χ1) is 12.6. The lowest BCUT2D eigenvalue weighted by Crippen LogP contribution is -2.40. The van der Waals surface area contributed by atoms with E-state index in [0.717, 1.165) is 36.0 Å². The number of methoxy groups -OCH3 is 1. The summed E-state index contributed by atoms with van der Waals surface area (Å²) in [6.45, 7) is 5.45. The molecule has 0 aliphatic carbocycles. The molecule has 1 saturated heterocycles. The van der Waals surface area contributed by atoms with Gasteiger partial charge < -0.3 is 24.4 Å². The van der Waals surface area contributed by atoms with Crippen molar-refractivity contribution in [2.45, 2.75) is 19.9 Å². The number of carbonyl (C=O) groups is 1. The molecule has 1 aromatic rings. The molecule has 2 atom stereocenters. The summed E-state index contributed by atoms with van der Waals surface area (Å²) < 4.78 is 16.3. The van der Waals surface area contributed by atoms with E-state index in [4.69, 9.17) is 14.2 Å². The molecule has 8 heteroatoms. The van der Waals surface area contributed by atoms with Gasteiger partial charge in [-0.2, -0.15) is 0 Å². The van der Waals surface area contributed by atoms with Crippen molar-refractivity contribution in [2.75, 3.05) is 40.5 Å². The van der Waals surface area contributed by atoms with Gasteiger partial charge in [0, 0.05) is 33.1 Å². The zero-order chi connectivity index (χ0) is 18.5. The first-order valence-corrected chi connectivity index (χ1v) is 9.04. The Labute approximate surface area is 177 Å². The lowest BCUT2D eigenvalue weighted by molar-refractivity contribution is -0.145. The Morgan fingerprint density at radius 2 is 2.04 bits per heavy atom. The lowest BCUT2D eigenvalue weighted by atomic mass is 9.99. The van der Waals surface area contributed by atoms with E-state index in [1.165, 1.54) is 7.11 Å². The minimum absolute atomic E-state index is 0. The van der Waals surface area contributed by atoms with Gasteiger partial charge in [-0.25, -0.2) is 0 Å². The Kier molecular flexibility index (Phi) is 8.00. The van der Waals surface area contributed by atoms with Crippen molar-refractivity contribution in [3.8, 4) is 11.5 Å². The average Bonchev–Trinajstić information content (AvgIpc) is 2.89. The smallest absolute Gasteiger partial charge is 0.310 e. The van der Waals surface area contributed by atoms with Gasteiger partial charge in [0.05, 0.1) is 26.2 Å². The molecule has 0 amide bonds. The number of halogens is 1. The molecule has 2 aliphatic rings. The predicted molar refractivity (Wildman–Crippen MR) is 114 cm³/mol. The Morgan fingerprint density at radius 1 is 1.30 bits per heavy atom. The number of guanidine groups is 1. The molecule has 0 saturated carbocycles. The fourth-order valence-corrected chi connectivity index (χ4v) is 3.43. The SMILES string of the molecule is CN=C(NCc1ccc2c(c1)OCCCO2)N1CC(C)C(C(=O)OC)C1.I. The molecule has 7 nitrogen and oxygen atoms in total. The first kappa shape index (κ1) is 21.6.